The minimum absolute atomic E-state index is 0.00596. The van der Waals surface area contributed by atoms with Gasteiger partial charge in [0.25, 0.3) is 0 Å². The Bertz CT molecular complexity index is 387. The first-order chi connectivity index (χ1) is 11.2. The van der Waals surface area contributed by atoms with E-state index in [1.54, 1.807) is 0 Å². The Morgan fingerprint density at radius 1 is 0.957 bits per heavy atom. The molecule has 0 atom stereocenters. The maximum atomic E-state index is 9.71. The Morgan fingerprint density at radius 2 is 1.61 bits per heavy atom. The molecule has 23 heavy (non-hydrogen) atoms. The van der Waals surface area contributed by atoms with E-state index < -0.39 is 0 Å². The Morgan fingerprint density at radius 3 is 2.17 bits per heavy atom. The van der Waals surface area contributed by atoms with Crippen LogP contribution in [0.25, 0.3) is 0 Å². The van der Waals surface area contributed by atoms with Crippen molar-refractivity contribution in [3.05, 3.63) is 12.2 Å². The van der Waals surface area contributed by atoms with Crippen LogP contribution in [0.1, 0.15) is 97.3 Å². The predicted octanol–water partition coefficient (Wildman–Crippen LogP) is 7.04. The summed E-state index contributed by atoms with van der Waals surface area (Å²) in [7, 11) is 0. The molecule has 1 nitrogen and oxygen atoms in total. The van der Waals surface area contributed by atoms with Crippen LogP contribution in [0, 0.1) is 34.5 Å². The molecule has 2 aliphatic carbocycles. The minimum Gasteiger partial charge on any atom is -0.198 e. The lowest BCUT2D eigenvalue weighted by Gasteiger charge is -2.40. The van der Waals surface area contributed by atoms with Gasteiger partial charge in [-0.2, -0.15) is 5.26 Å². The molecule has 0 saturated heterocycles. The molecule has 2 rings (SSSR count). The van der Waals surface area contributed by atoms with Gasteiger partial charge in [-0.1, -0.05) is 51.7 Å². The summed E-state index contributed by atoms with van der Waals surface area (Å²) in [5, 5.41) is 9.71. The van der Waals surface area contributed by atoms with Crippen LogP contribution in [0.4, 0.5) is 0 Å². The molecule has 0 spiro atoms. The number of allylic oxidation sites excluding steroid dienone is 2. The molecular weight excluding hydrogens is 278 g/mol. The van der Waals surface area contributed by atoms with Crippen LogP contribution in [-0.2, 0) is 0 Å². The zero-order valence-electron chi connectivity index (χ0n) is 15.5. The van der Waals surface area contributed by atoms with E-state index in [0.29, 0.717) is 0 Å². The molecule has 0 heterocycles. The lowest BCUT2D eigenvalue weighted by molar-refractivity contribution is 0.117. The average Bonchev–Trinajstić information content (AvgIpc) is 2.60. The first kappa shape index (κ1) is 18.6. The smallest absolute Gasteiger partial charge is 0.0689 e. The highest BCUT2D eigenvalue weighted by atomic mass is 14.4. The maximum Gasteiger partial charge on any atom is 0.0689 e. The van der Waals surface area contributed by atoms with Crippen molar-refractivity contribution in [2.45, 2.75) is 97.3 Å². The van der Waals surface area contributed by atoms with Crippen LogP contribution in [0.15, 0.2) is 12.2 Å². The van der Waals surface area contributed by atoms with Crippen LogP contribution in [-0.4, -0.2) is 0 Å². The van der Waals surface area contributed by atoms with Crippen molar-refractivity contribution in [2.24, 2.45) is 23.2 Å². The van der Waals surface area contributed by atoms with Gasteiger partial charge < -0.3 is 0 Å². The summed E-state index contributed by atoms with van der Waals surface area (Å²) >= 11 is 0. The fourth-order valence-corrected chi connectivity index (χ4v) is 5.08. The lowest BCUT2D eigenvalue weighted by atomic mass is 9.63. The second-order valence-electron chi connectivity index (χ2n) is 8.22. The van der Waals surface area contributed by atoms with Crippen molar-refractivity contribution in [3.63, 3.8) is 0 Å². The highest BCUT2D eigenvalue weighted by Crippen LogP contribution is 2.47. The third-order valence-electron chi connectivity index (χ3n) is 6.67. The van der Waals surface area contributed by atoms with Crippen molar-refractivity contribution in [1.82, 2.24) is 0 Å². The van der Waals surface area contributed by atoms with Crippen molar-refractivity contribution < 1.29 is 0 Å². The van der Waals surface area contributed by atoms with E-state index in [2.05, 4.69) is 32.1 Å². The second-order valence-corrected chi connectivity index (χ2v) is 8.22. The Kier molecular flexibility index (Phi) is 7.68. The zero-order valence-corrected chi connectivity index (χ0v) is 15.5. The number of nitriles is 1. The quantitative estimate of drug-likeness (QED) is 0.462. The molecule has 0 aromatic carbocycles. The molecular formula is C22H37N. The van der Waals surface area contributed by atoms with Gasteiger partial charge in [-0.3, -0.25) is 0 Å². The van der Waals surface area contributed by atoms with Crippen molar-refractivity contribution in [2.75, 3.05) is 0 Å². The van der Waals surface area contributed by atoms with Crippen LogP contribution < -0.4 is 0 Å². The van der Waals surface area contributed by atoms with Crippen LogP contribution >= 0.6 is 0 Å². The normalized spacial score (nSPS) is 35.3. The number of nitrogens with zero attached hydrogens (tertiary/aromatic N) is 1. The highest BCUT2D eigenvalue weighted by Gasteiger charge is 2.38. The number of rotatable bonds is 7. The summed E-state index contributed by atoms with van der Waals surface area (Å²) in [5.74, 6) is 2.91. The third-order valence-corrected chi connectivity index (χ3v) is 6.67. The second kappa shape index (κ2) is 9.51. The van der Waals surface area contributed by atoms with Crippen molar-refractivity contribution >= 4 is 0 Å². The molecule has 0 aromatic rings. The maximum absolute atomic E-state index is 9.71. The molecule has 0 aliphatic heterocycles. The molecule has 1 heteroatoms. The summed E-state index contributed by atoms with van der Waals surface area (Å²) in [4.78, 5) is 0. The Balaban J connectivity index is 1.76. The van der Waals surface area contributed by atoms with E-state index in [-0.39, 0.29) is 5.41 Å². The van der Waals surface area contributed by atoms with Gasteiger partial charge >= 0.3 is 0 Å². The third kappa shape index (κ3) is 5.37. The summed E-state index contributed by atoms with van der Waals surface area (Å²) in [6.07, 6.45) is 21.4. The van der Waals surface area contributed by atoms with E-state index in [1.165, 1.54) is 51.4 Å². The van der Waals surface area contributed by atoms with Gasteiger partial charge in [0, 0.05) is 0 Å². The number of hydrogen-bond donors (Lipinski definition) is 0. The molecule has 0 radical (unpaired) electrons. The monoisotopic (exact) mass is 315 g/mol. The van der Waals surface area contributed by atoms with E-state index in [9.17, 15) is 5.26 Å². The molecule has 2 saturated carbocycles. The van der Waals surface area contributed by atoms with Crippen LogP contribution in [0.5, 0.6) is 0 Å². The van der Waals surface area contributed by atoms with Crippen molar-refractivity contribution in [1.29, 1.82) is 5.26 Å². The standard InChI is InChI=1S/C22H37N/c1-3-5-6-7-15-22(18-23)16-13-21(14-17-22)20-11-9-19(8-4-2)10-12-20/h5-6,19-21H,3-4,7-17H2,1-2H3/b6-5+/t19?,20?,21-,22+. The molecule has 130 valence electrons. The van der Waals surface area contributed by atoms with Gasteiger partial charge in [0.2, 0.25) is 0 Å². The predicted molar refractivity (Wildman–Crippen MR) is 99.0 cm³/mol. The molecule has 0 aromatic heterocycles. The van der Waals surface area contributed by atoms with Crippen LogP contribution in [0.2, 0.25) is 0 Å². The topological polar surface area (TPSA) is 23.8 Å². The fourth-order valence-electron chi connectivity index (χ4n) is 5.08. The fraction of sp³-hybridized carbons (Fsp3) is 0.864. The first-order valence-corrected chi connectivity index (χ1v) is 10.3. The van der Waals surface area contributed by atoms with Gasteiger partial charge in [-0.05, 0) is 75.5 Å². The Labute approximate surface area is 144 Å². The lowest BCUT2D eigenvalue weighted by Crippen LogP contribution is -2.31. The summed E-state index contributed by atoms with van der Waals surface area (Å²) in [5.41, 5.74) is -0.00596. The highest BCUT2D eigenvalue weighted by molar-refractivity contribution is 5.03. The molecule has 0 N–H and O–H groups in total. The Hall–Kier alpha value is -0.770. The van der Waals surface area contributed by atoms with E-state index in [1.807, 2.05) is 0 Å². The largest absolute Gasteiger partial charge is 0.198 e. The average molecular weight is 316 g/mol. The van der Waals surface area contributed by atoms with Crippen molar-refractivity contribution in [3.8, 4) is 6.07 Å². The minimum atomic E-state index is -0.00596. The van der Waals surface area contributed by atoms with E-state index >= 15 is 0 Å². The van der Waals surface area contributed by atoms with E-state index in [4.69, 9.17) is 0 Å². The van der Waals surface area contributed by atoms with Gasteiger partial charge in [-0.15, -0.1) is 0 Å². The SMILES string of the molecule is CC/C=C/CC[C@]1(C#N)CC[C@@H](C2CCC(CCC)CC2)CC1. The van der Waals surface area contributed by atoms with Gasteiger partial charge in [-0.25, -0.2) is 0 Å². The number of hydrogen-bond acceptors (Lipinski definition) is 1. The van der Waals surface area contributed by atoms with Gasteiger partial charge in [0.05, 0.1) is 11.5 Å². The van der Waals surface area contributed by atoms with E-state index in [0.717, 1.165) is 49.9 Å². The molecule has 2 aliphatic rings. The first-order valence-electron chi connectivity index (χ1n) is 10.3. The zero-order chi connectivity index (χ0) is 16.5. The molecule has 0 amide bonds. The summed E-state index contributed by atoms with van der Waals surface area (Å²) in [6, 6.07) is 2.71. The van der Waals surface area contributed by atoms with Gasteiger partial charge in [0.1, 0.15) is 0 Å². The summed E-state index contributed by atoms with van der Waals surface area (Å²) < 4.78 is 0. The molecule has 0 bridgehead atoms. The van der Waals surface area contributed by atoms with Crippen LogP contribution in [0.3, 0.4) is 0 Å². The molecule has 0 unspecified atom stereocenters. The summed E-state index contributed by atoms with van der Waals surface area (Å²) in [6.45, 7) is 4.50. The van der Waals surface area contributed by atoms with Gasteiger partial charge in [0.15, 0.2) is 0 Å². The molecule has 2 fully saturated rings.